The van der Waals surface area contributed by atoms with Crippen LogP contribution in [0.4, 0.5) is 0 Å². The highest BCUT2D eigenvalue weighted by atomic mass is 32.2. The van der Waals surface area contributed by atoms with Crippen molar-refractivity contribution in [1.29, 1.82) is 0 Å². The Labute approximate surface area is 107 Å². The molecule has 1 N–H and O–H groups in total. The molecular formula is C14H19NOS. The van der Waals surface area contributed by atoms with E-state index in [1.165, 1.54) is 5.56 Å². The van der Waals surface area contributed by atoms with E-state index in [9.17, 15) is 4.79 Å². The zero-order valence-corrected chi connectivity index (χ0v) is 11.2. The number of carbonyl (C=O) groups is 1. The molecule has 0 heterocycles. The SMILES string of the molecule is CC(C)CNC(=O)/C=C/SCc1ccccc1. The predicted molar refractivity (Wildman–Crippen MR) is 74.7 cm³/mol. The normalized spacial score (nSPS) is 11.0. The summed E-state index contributed by atoms with van der Waals surface area (Å²) in [6.07, 6.45) is 1.59. The third kappa shape index (κ3) is 6.84. The summed E-state index contributed by atoms with van der Waals surface area (Å²) in [5.41, 5.74) is 1.27. The third-order valence-corrected chi connectivity index (χ3v) is 2.92. The minimum Gasteiger partial charge on any atom is -0.352 e. The number of hydrogen-bond donors (Lipinski definition) is 1. The lowest BCUT2D eigenvalue weighted by Gasteiger charge is -2.04. The van der Waals surface area contributed by atoms with Gasteiger partial charge in [0.2, 0.25) is 5.91 Å². The van der Waals surface area contributed by atoms with Gasteiger partial charge in [0.1, 0.15) is 0 Å². The van der Waals surface area contributed by atoms with Gasteiger partial charge in [0.25, 0.3) is 0 Å². The van der Waals surface area contributed by atoms with Crippen LogP contribution in [0.3, 0.4) is 0 Å². The van der Waals surface area contributed by atoms with Crippen molar-refractivity contribution >= 4 is 17.7 Å². The molecule has 0 spiro atoms. The van der Waals surface area contributed by atoms with Gasteiger partial charge in [-0.3, -0.25) is 4.79 Å². The molecule has 17 heavy (non-hydrogen) atoms. The van der Waals surface area contributed by atoms with Crippen LogP contribution in [0.15, 0.2) is 41.8 Å². The molecule has 1 amide bonds. The lowest BCUT2D eigenvalue weighted by atomic mass is 10.2. The van der Waals surface area contributed by atoms with Gasteiger partial charge >= 0.3 is 0 Å². The van der Waals surface area contributed by atoms with Gasteiger partial charge in [-0.05, 0) is 16.9 Å². The number of nitrogens with one attached hydrogen (secondary N) is 1. The maximum Gasteiger partial charge on any atom is 0.244 e. The minimum atomic E-state index is -0.0146. The number of rotatable bonds is 6. The summed E-state index contributed by atoms with van der Waals surface area (Å²) in [5, 5.41) is 4.69. The maximum absolute atomic E-state index is 11.3. The van der Waals surface area contributed by atoms with Gasteiger partial charge < -0.3 is 5.32 Å². The summed E-state index contributed by atoms with van der Waals surface area (Å²) >= 11 is 1.63. The summed E-state index contributed by atoms with van der Waals surface area (Å²) in [6, 6.07) is 10.2. The Morgan fingerprint density at radius 1 is 1.35 bits per heavy atom. The van der Waals surface area contributed by atoms with E-state index >= 15 is 0 Å². The van der Waals surface area contributed by atoms with Gasteiger partial charge in [0.15, 0.2) is 0 Å². The molecular weight excluding hydrogens is 230 g/mol. The smallest absolute Gasteiger partial charge is 0.244 e. The quantitative estimate of drug-likeness (QED) is 0.784. The zero-order chi connectivity index (χ0) is 12.5. The molecule has 3 heteroatoms. The van der Waals surface area contributed by atoms with E-state index in [4.69, 9.17) is 0 Å². The van der Waals surface area contributed by atoms with Crippen LogP contribution in [0.25, 0.3) is 0 Å². The topological polar surface area (TPSA) is 29.1 Å². The molecule has 0 atom stereocenters. The van der Waals surface area contributed by atoms with E-state index < -0.39 is 0 Å². The first-order chi connectivity index (χ1) is 8.18. The summed E-state index contributed by atoms with van der Waals surface area (Å²) in [6.45, 7) is 4.88. The van der Waals surface area contributed by atoms with Crippen molar-refractivity contribution in [2.45, 2.75) is 19.6 Å². The van der Waals surface area contributed by atoms with Gasteiger partial charge in [-0.1, -0.05) is 44.2 Å². The number of hydrogen-bond acceptors (Lipinski definition) is 2. The van der Waals surface area contributed by atoms with E-state index in [1.807, 2.05) is 23.6 Å². The van der Waals surface area contributed by atoms with Gasteiger partial charge in [-0.15, -0.1) is 11.8 Å². The minimum absolute atomic E-state index is 0.0146. The second-order valence-electron chi connectivity index (χ2n) is 4.24. The lowest BCUT2D eigenvalue weighted by Crippen LogP contribution is -2.25. The highest BCUT2D eigenvalue weighted by Crippen LogP contribution is 2.12. The molecule has 92 valence electrons. The molecule has 1 aromatic rings. The summed E-state index contributed by atoms with van der Waals surface area (Å²) in [5.74, 6) is 1.37. The number of thioether (sulfide) groups is 1. The Kier molecular flexibility index (Phi) is 6.48. The monoisotopic (exact) mass is 249 g/mol. The lowest BCUT2D eigenvalue weighted by molar-refractivity contribution is -0.116. The number of benzene rings is 1. The Bertz CT molecular complexity index is 360. The fraction of sp³-hybridized carbons (Fsp3) is 0.357. The van der Waals surface area contributed by atoms with Crippen LogP contribution in [0.1, 0.15) is 19.4 Å². The van der Waals surface area contributed by atoms with Crippen molar-refractivity contribution in [3.8, 4) is 0 Å². The number of amides is 1. The Hall–Kier alpha value is -1.22. The molecule has 0 aliphatic heterocycles. The summed E-state index contributed by atoms with van der Waals surface area (Å²) in [4.78, 5) is 11.3. The van der Waals surface area contributed by atoms with Gasteiger partial charge in [0.05, 0.1) is 0 Å². The Morgan fingerprint density at radius 3 is 2.71 bits per heavy atom. The summed E-state index contributed by atoms with van der Waals surface area (Å²) < 4.78 is 0. The Morgan fingerprint density at radius 2 is 2.06 bits per heavy atom. The molecule has 1 aromatic carbocycles. The fourth-order valence-electron chi connectivity index (χ4n) is 1.19. The van der Waals surface area contributed by atoms with Crippen molar-refractivity contribution in [1.82, 2.24) is 5.32 Å². The van der Waals surface area contributed by atoms with E-state index in [-0.39, 0.29) is 5.91 Å². The van der Waals surface area contributed by atoms with Gasteiger partial charge in [0, 0.05) is 18.4 Å². The first-order valence-corrected chi connectivity index (χ1v) is 6.83. The van der Waals surface area contributed by atoms with Crippen molar-refractivity contribution in [2.24, 2.45) is 5.92 Å². The third-order valence-electron chi connectivity index (χ3n) is 2.09. The van der Waals surface area contributed by atoms with Crippen LogP contribution in [-0.2, 0) is 10.5 Å². The van der Waals surface area contributed by atoms with Crippen molar-refractivity contribution in [3.63, 3.8) is 0 Å². The molecule has 0 aliphatic carbocycles. The average molecular weight is 249 g/mol. The average Bonchev–Trinajstić information content (AvgIpc) is 2.33. The Balaban J connectivity index is 2.20. The number of carbonyl (C=O) groups excluding carboxylic acids is 1. The molecule has 0 aromatic heterocycles. The predicted octanol–water partition coefficient (Wildman–Crippen LogP) is 3.21. The molecule has 2 nitrogen and oxygen atoms in total. The summed E-state index contributed by atoms with van der Waals surface area (Å²) in [7, 11) is 0. The van der Waals surface area contributed by atoms with Crippen molar-refractivity contribution < 1.29 is 4.79 Å². The second-order valence-corrected chi connectivity index (χ2v) is 5.13. The van der Waals surface area contributed by atoms with Crippen LogP contribution in [0.2, 0.25) is 0 Å². The fourth-order valence-corrected chi connectivity index (χ4v) is 1.89. The largest absolute Gasteiger partial charge is 0.352 e. The highest BCUT2D eigenvalue weighted by Gasteiger charge is 1.96. The van der Waals surface area contributed by atoms with Crippen molar-refractivity contribution in [2.75, 3.05) is 6.54 Å². The molecule has 1 rings (SSSR count). The molecule has 0 saturated heterocycles. The van der Waals surface area contributed by atoms with E-state index in [0.29, 0.717) is 5.92 Å². The zero-order valence-electron chi connectivity index (χ0n) is 10.3. The van der Waals surface area contributed by atoms with Crippen LogP contribution in [0, 0.1) is 5.92 Å². The van der Waals surface area contributed by atoms with E-state index in [1.54, 1.807) is 17.8 Å². The van der Waals surface area contributed by atoms with Crippen molar-refractivity contribution in [3.05, 3.63) is 47.4 Å². The second kappa shape index (κ2) is 7.96. The molecule has 0 aliphatic rings. The standard InChI is InChI=1S/C14H19NOS/c1-12(2)10-15-14(16)8-9-17-11-13-6-4-3-5-7-13/h3-9,12H,10-11H2,1-2H3,(H,15,16)/b9-8+. The van der Waals surface area contributed by atoms with E-state index in [2.05, 4.69) is 31.3 Å². The first kappa shape index (κ1) is 13.8. The molecule has 0 unspecified atom stereocenters. The van der Waals surface area contributed by atoms with Crippen LogP contribution >= 0.6 is 11.8 Å². The first-order valence-electron chi connectivity index (χ1n) is 5.78. The van der Waals surface area contributed by atoms with Gasteiger partial charge in [-0.2, -0.15) is 0 Å². The van der Waals surface area contributed by atoms with Crippen LogP contribution in [-0.4, -0.2) is 12.5 Å². The van der Waals surface area contributed by atoms with Gasteiger partial charge in [-0.25, -0.2) is 0 Å². The van der Waals surface area contributed by atoms with E-state index in [0.717, 1.165) is 12.3 Å². The van der Waals surface area contributed by atoms with Crippen LogP contribution in [0.5, 0.6) is 0 Å². The maximum atomic E-state index is 11.3. The molecule has 0 fully saturated rings. The molecule has 0 radical (unpaired) electrons. The van der Waals surface area contributed by atoms with Crippen LogP contribution < -0.4 is 5.32 Å². The molecule has 0 saturated carbocycles. The molecule has 0 bridgehead atoms. The highest BCUT2D eigenvalue weighted by molar-refractivity contribution is 8.01.